The summed E-state index contributed by atoms with van der Waals surface area (Å²) in [4.78, 5) is 39.0. The molecule has 1 unspecified atom stereocenters. The van der Waals surface area contributed by atoms with Crippen LogP contribution in [0.4, 0.5) is 0 Å². The maximum absolute atomic E-state index is 12.3. The number of ether oxygens (including phenoxy) is 1. The molecule has 1 heterocycles. The molecule has 0 aromatic carbocycles. The van der Waals surface area contributed by atoms with Crippen molar-refractivity contribution in [2.45, 2.75) is 44.6 Å². The van der Waals surface area contributed by atoms with Gasteiger partial charge < -0.3 is 14.5 Å². The third kappa shape index (κ3) is 3.74. The van der Waals surface area contributed by atoms with Crippen LogP contribution in [0.25, 0.3) is 0 Å². The van der Waals surface area contributed by atoms with Crippen molar-refractivity contribution < 1.29 is 19.1 Å². The zero-order chi connectivity index (χ0) is 15.4. The number of methoxy groups -OCH3 is 1. The van der Waals surface area contributed by atoms with Gasteiger partial charge in [-0.05, 0) is 12.8 Å². The summed E-state index contributed by atoms with van der Waals surface area (Å²) in [5.41, 5.74) is 0. The number of hydrogen-bond acceptors (Lipinski definition) is 4. The normalized spacial score (nSPS) is 22.7. The number of esters is 1. The zero-order valence-electron chi connectivity index (χ0n) is 12.8. The maximum Gasteiger partial charge on any atom is 0.307 e. The molecule has 6 heteroatoms. The monoisotopic (exact) mass is 296 g/mol. The van der Waals surface area contributed by atoms with E-state index in [-0.39, 0.29) is 30.1 Å². The van der Waals surface area contributed by atoms with Crippen LogP contribution in [0.15, 0.2) is 0 Å². The highest BCUT2D eigenvalue weighted by Gasteiger charge is 2.39. The van der Waals surface area contributed by atoms with Crippen LogP contribution >= 0.6 is 0 Å². The molecule has 0 N–H and O–H groups in total. The Labute approximate surface area is 125 Å². The van der Waals surface area contributed by atoms with Crippen LogP contribution in [0.1, 0.15) is 38.5 Å². The van der Waals surface area contributed by atoms with Gasteiger partial charge in [0.25, 0.3) is 0 Å². The SMILES string of the molecule is COC(=O)CCN(C)C(=O)C1CC(=O)N(C2CCCC2)C1. The molecule has 1 saturated heterocycles. The summed E-state index contributed by atoms with van der Waals surface area (Å²) >= 11 is 0. The van der Waals surface area contributed by atoms with Crippen molar-refractivity contribution in [2.75, 3.05) is 27.2 Å². The predicted octanol–water partition coefficient (Wildman–Crippen LogP) is 0.799. The van der Waals surface area contributed by atoms with Crippen LogP contribution < -0.4 is 0 Å². The molecule has 118 valence electrons. The number of carbonyl (C=O) groups is 3. The Morgan fingerprint density at radius 1 is 1.33 bits per heavy atom. The van der Waals surface area contributed by atoms with Crippen LogP contribution in [0.5, 0.6) is 0 Å². The molecule has 1 saturated carbocycles. The number of rotatable bonds is 5. The molecule has 21 heavy (non-hydrogen) atoms. The summed E-state index contributed by atoms with van der Waals surface area (Å²) < 4.78 is 4.57. The van der Waals surface area contributed by atoms with Crippen molar-refractivity contribution >= 4 is 17.8 Å². The molecule has 0 aromatic rings. The van der Waals surface area contributed by atoms with Gasteiger partial charge in [-0.2, -0.15) is 0 Å². The number of nitrogens with zero attached hydrogens (tertiary/aromatic N) is 2. The standard InChI is InChI=1S/C15H24N2O4/c1-16(8-7-14(19)21-2)15(20)11-9-13(18)17(10-11)12-5-3-4-6-12/h11-12H,3-10H2,1-2H3. The Morgan fingerprint density at radius 3 is 2.62 bits per heavy atom. The highest BCUT2D eigenvalue weighted by molar-refractivity contribution is 5.89. The van der Waals surface area contributed by atoms with Gasteiger partial charge in [-0.15, -0.1) is 0 Å². The van der Waals surface area contributed by atoms with Crippen LogP contribution in [0, 0.1) is 5.92 Å². The molecule has 2 amide bonds. The van der Waals surface area contributed by atoms with Crippen molar-refractivity contribution in [3.05, 3.63) is 0 Å². The molecular formula is C15H24N2O4. The van der Waals surface area contributed by atoms with Crippen LogP contribution in [-0.4, -0.2) is 60.9 Å². The van der Waals surface area contributed by atoms with Crippen molar-refractivity contribution in [3.8, 4) is 0 Å². The smallest absolute Gasteiger partial charge is 0.307 e. The lowest BCUT2D eigenvalue weighted by atomic mass is 10.1. The Bertz CT molecular complexity index is 418. The Hall–Kier alpha value is -1.59. The fraction of sp³-hybridized carbons (Fsp3) is 0.800. The minimum Gasteiger partial charge on any atom is -0.469 e. The highest BCUT2D eigenvalue weighted by atomic mass is 16.5. The third-order valence-electron chi connectivity index (χ3n) is 4.53. The number of amides is 2. The first-order valence-electron chi connectivity index (χ1n) is 7.64. The molecule has 1 atom stereocenters. The van der Waals surface area contributed by atoms with Crippen molar-refractivity contribution in [2.24, 2.45) is 5.92 Å². The van der Waals surface area contributed by atoms with Crippen LogP contribution in [0.3, 0.4) is 0 Å². The van der Waals surface area contributed by atoms with E-state index in [0.29, 0.717) is 25.6 Å². The van der Waals surface area contributed by atoms with E-state index in [4.69, 9.17) is 0 Å². The second kappa shape index (κ2) is 6.91. The van der Waals surface area contributed by atoms with E-state index in [2.05, 4.69) is 4.74 Å². The summed E-state index contributed by atoms with van der Waals surface area (Å²) in [6, 6.07) is 0.329. The van der Waals surface area contributed by atoms with E-state index in [1.165, 1.54) is 24.9 Å². The molecule has 2 aliphatic rings. The van der Waals surface area contributed by atoms with Gasteiger partial charge in [0.1, 0.15) is 0 Å². The second-order valence-electron chi connectivity index (χ2n) is 5.97. The topological polar surface area (TPSA) is 66.9 Å². The average Bonchev–Trinajstić information content (AvgIpc) is 3.12. The van der Waals surface area contributed by atoms with Gasteiger partial charge in [-0.25, -0.2) is 0 Å². The second-order valence-corrected chi connectivity index (χ2v) is 5.97. The van der Waals surface area contributed by atoms with E-state index < -0.39 is 0 Å². The van der Waals surface area contributed by atoms with Gasteiger partial charge >= 0.3 is 5.97 Å². The molecule has 0 radical (unpaired) electrons. The van der Waals surface area contributed by atoms with Gasteiger partial charge in [-0.1, -0.05) is 12.8 Å². The van der Waals surface area contributed by atoms with Crippen LogP contribution in [-0.2, 0) is 19.1 Å². The minimum absolute atomic E-state index is 0.0484. The fourth-order valence-electron chi connectivity index (χ4n) is 3.25. The first kappa shape index (κ1) is 15.8. The predicted molar refractivity (Wildman–Crippen MR) is 76.3 cm³/mol. The van der Waals surface area contributed by atoms with E-state index in [1.807, 2.05) is 4.90 Å². The van der Waals surface area contributed by atoms with Crippen molar-refractivity contribution in [1.29, 1.82) is 0 Å². The van der Waals surface area contributed by atoms with Gasteiger partial charge in [0.05, 0.1) is 19.4 Å². The molecule has 2 fully saturated rings. The lowest BCUT2D eigenvalue weighted by Crippen LogP contribution is -2.38. The number of carbonyl (C=O) groups excluding carboxylic acids is 3. The molecule has 6 nitrogen and oxygen atoms in total. The number of likely N-dealkylation sites (tertiary alicyclic amines) is 1. The summed E-state index contributed by atoms with van der Waals surface area (Å²) in [5.74, 6) is -0.542. The van der Waals surface area contributed by atoms with Gasteiger partial charge in [0.2, 0.25) is 11.8 Å². The largest absolute Gasteiger partial charge is 0.469 e. The summed E-state index contributed by atoms with van der Waals surface area (Å²) in [6.07, 6.45) is 4.96. The number of hydrogen-bond donors (Lipinski definition) is 0. The van der Waals surface area contributed by atoms with Gasteiger partial charge in [-0.3, -0.25) is 14.4 Å². The molecule has 0 aromatic heterocycles. The van der Waals surface area contributed by atoms with E-state index >= 15 is 0 Å². The Balaban J connectivity index is 1.85. The first-order chi connectivity index (χ1) is 10.0. The highest BCUT2D eigenvalue weighted by Crippen LogP contribution is 2.30. The maximum atomic E-state index is 12.3. The lowest BCUT2D eigenvalue weighted by Gasteiger charge is -2.25. The Morgan fingerprint density at radius 2 is 2.00 bits per heavy atom. The molecule has 1 aliphatic heterocycles. The van der Waals surface area contributed by atoms with Crippen LogP contribution in [0.2, 0.25) is 0 Å². The third-order valence-corrected chi connectivity index (χ3v) is 4.53. The summed E-state index contributed by atoms with van der Waals surface area (Å²) in [7, 11) is 3.01. The van der Waals surface area contributed by atoms with E-state index in [9.17, 15) is 14.4 Å². The van der Waals surface area contributed by atoms with Gasteiger partial charge in [0, 0.05) is 32.6 Å². The van der Waals surface area contributed by atoms with Crippen molar-refractivity contribution in [1.82, 2.24) is 9.80 Å². The zero-order valence-corrected chi connectivity index (χ0v) is 12.8. The minimum atomic E-state index is -0.329. The molecule has 0 bridgehead atoms. The molecule has 2 rings (SSSR count). The summed E-state index contributed by atoms with van der Waals surface area (Å²) in [5, 5.41) is 0. The molecular weight excluding hydrogens is 272 g/mol. The Kier molecular flexibility index (Phi) is 5.20. The molecule has 1 aliphatic carbocycles. The quantitative estimate of drug-likeness (QED) is 0.704. The summed E-state index contributed by atoms with van der Waals surface area (Å²) in [6.45, 7) is 0.866. The van der Waals surface area contributed by atoms with Crippen molar-refractivity contribution in [3.63, 3.8) is 0 Å². The van der Waals surface area contributed by atoms with E-state index in [0.717, 1.165) is 12.8 Å². The fourth-order valence-corrected chi connectivity index (χ4v) is 3.25. The van der Waals surface area contributed by atoms with E-state index in [1.54, 1.807) is 7.05 Å². The average molecular weight is 296 g/mol. The first-order valence-corrected chi connectivity index (χ1v) is 7.64. The lowest BCUT2D eigenvalue weighted by molar-refractivity contribution is -0.142. The molecule has 0 spiro atoms. The van der Waals surface area contributed by atoms with Gasteiger partial charge in [0.15, 0.2) is 0 Å².